The number of carbonyl (C=O) groups excluding carboxylic acids is 1. The van der Waals surface area contributed by atoms with Crippen molar-refractivity contribution in [2.24, 2.45) is 0 Å². The number of nitrogen functional groups attached to an aromatic ring is 1. The minimum atomic E-state index is -0.263. The summed E-state index contributed by atoms with van der Waals surface area (Å²) in [5.74, 6) is -0.238. The van der Waals surface area contributed by atoms with Gasteiger partial charge in [-0.2, -0.15) is 0 Å². The molecule has 16 heavy (non-hydrogen) atoms. The number of nitrogens with two attached hydrogens (primary N) is 1. The summed E-state index contributed by atoms with van der Waals surface area (Å²) in [6.45, 7) is 4.88. The van der Waals surface area contributed by atoms with Crippen LogP contribution in [-0.4, -0.2) is 46.4 Å². The molecule has 88 valence electrons. The zero-order valence-electron chi connectivity index (χ0n) is 9.21. The average molecular weight is 226 g/mol. The van der Waals surface area contributed by atoms with Crippen LogP contribution in [0.2, 0.25) is 0 Å². The van der Waals surface area contributed by atoms with Gasteiger partial charge in [0, 0.05) is 13.1 Å². The number of carbonyl (C=O) groups is 1. The molecular formula is C9H14N4O3. The predicted octanol–water partition coefficient (Wildman–Crippen LogP) is -0.0988. The van der Waals surface area contributed by atoms with Gasteiger partial charge in [-0.05, 0) is 24.2 Å². The number of rotatable bonds is 1. The number of amides is 1. The van der Waals surface area contributed by atoms with E-state index < -0.39 is 0 Å². The van der Waals surface area contributed by atoms with Crippen molar-refractivity contribution in [1.29, 1.82) is 0 Å². The van der Waals surface area contributed by atoms with Crippen LogP contribution in [-0.2, 0) is 4.74 Å². The Hall–Kier alpha value is -1.63. The third-order valence-corrected chi connectivity index (χ3v) is 2.42. The van der Waals surface area contributed by atoms with Gasteiger partial charge in [0.2, 0.25) is 11.5 Å². The Morgan fingerprint density at radius 3 is 2.50 bits per heavy atom. The number of ether oxygens (including phenoxy) is 1. The minimum Gasteiger partial charge on any atom is -0.379 e. The summed E-state index contributed by atoms with van der Waals surface area (Å²) < 4.78 is 9.94. The molecule has 1 saturated heterocycles. The van der Waals surface area contributed by atoms with Gasteiger partial charge in [0.25, 0.3) is 5.91 Å². The van der Waals surface area contributed by atoms with Crippen molar-refractivity contribution in [3.63, 3.8) is 0 Å². The van der Waals surface area contributed by atoms with Gasteiger partial charge < -0.3 is 15.4 Å². The van der Waals surface area contributed by atoms with E-state index in [2.05, 4.69) is 14.9 Å². The van der Waals surface area contributed by atoms with Crippen LogP contribution in [0, 0.1) is 0 Å². The lowest BCUT2D eigenvalue weighted by Gasteiger charge is -2.34. The smallest absolute Gasteiger partial charge is 0.280 e. The molecule has 0 aromatic carbocycles. The standard InChI is InChI=1S/C9H14N4O3/c1-5-3-13(4-6(2)15-5)9(14)7-8(10)12-16-11-7/h5-6H,3-4H2,1-2H3,(H2,10,12)/t5-,6+. The van der Waals surface area contributed by atoms with Crippen LogP contribution < -0.4 is 5.73 Å². The second kappa shape index (κ2) is 4.09. The molecular weight excluding hydrogens is 212 g/mol. The van der Waals surface area contributed by atoms with Crippen molar-refractivity contribution < 1.29 is 14.2 Å². The second-order valence-corrected chi connectivity index (χ2v) is 3.97. The number of morpholine rings is 1. The van der Waals surface area contributed by atoms with Crippen LogP contribution in [0.1, 0.15) is 24.3 Å². The van der Waals surface area contributed by atoms with Crippen molar-refractivity contribution in [2.75, 3.05) is 18.8 Å². The number of nitrogens with zero attached hydrogens (tertiary/aromatic N) is 3. The summed E-state index contributed by atoms with van der Waals surface area (Å²) in [5, 5.41) is 6.88. The monoisotopic (exact) mass is 226 g/mol. The van der Waals surface area contributed by atoms with Crippen molar-refractivity contribution in [3.8, 4) is 0 Å². The molecule has 1 aliphatic rings. The Morgan fingerprint density at radius 2 is 2.00 bits per heavy atom. The lowest BCUT2D eigenvalue weighted by atomic mass is 10.2. The molecule has 2 rings (SSSR count). The number of hydrogen-bond acceptors (Lipinski definition) is 6. The first-order valence-electron chi connectivity index (χ1n) is 5.10. The average Bonchev–Trinajstić information content (AvgIpc) is 2.62. The van der Waals surface area contributed by atoms with E-state index in [-0.39, 0.29) is 29.6 Å². The first-order chi connectivity index (χ1) is 7.58. The van der Waals surface area contributed by atoms with Crippen LogP contribution in [0.4, 0.5) is 5.82 Å². The van der Waals surface area contributed by atoms with Crippen molar-refractivity contribution in [1.82, 2.24) is 15.2 Å². The van der Waals surface area contributed by atoms with Crippen LogP contribution in [0.25, 0.3) is 0 Å². The van der Waals surface area contributed by atoms with Crippen molar-refractivity contribution in [2.45, 2.75) is 26.1 Å². The van der Waals surface area contributed by atoms with Gasteiger partial charge in [-0.25, -0.2) is 4.63 Å². The van der Waals surface area contributed by atoms with E-state index in [0.29, 0.717) is 13.1 Å². The quantitative estimate of drug-likeness (QED) is 0.718. The molecule has 0 bridgehead atoms. The fourth-order valence-corrected chi connectivity index (χ4v) is 1.84. The van der Waals surface area contributed by atoms with E-state index >= 15 is 0 Å². The molecule has 0 unspecified atom stereocenters. The molecule has 0 aliphatic carbocycles. The van der Waals surface area contributed by atoms with Crippen LogP contribution in [0.15, 0.2) is 4.63 Å². The summed E-state index contributed by atoms with van der Waals surface area (Å²) >= 11 is 0. The highest BCUT2D eigenvalue weighted by Crippen LogP contribution is 2.15. The highest BCUT2D eigenvalue weighted by Gasteiger charge is 2.29. The Morgan fingerprint density at radius 1 is 1.38 bits per heavy atom. The maximum Gasteiger partial charge on any atom is 0.280 e. The fourth-order valence-electron chi connectivity index (χ4n) is 1.84. The number of aromatic nitrogens is 2. The van der Waals surface area contributed by atoms with E-state index in [1.165, 1.54) is 0 Å². The molecule has 1 aliphatic heterocycles. The summed E-state index contributed by atoms with van der Waals surface area (Å²) in [6, 6.07) is 0. The fraction of sp³-hybridized carbons (Fsp3) is 0.667. The molecule has 0 spiro atoms. The lowest BCUT2D eigenvalue weighted by Crippen LogP contribution is -2.48. The first-order valence-corrected chi connectivity index (χ1v) is 5.10. The molecule has 1 aromatic rings. The topological polar surface area (TPSA) is 94.5 Å². The molecule has 1 aromatic heterocycles. The Balaban J connectivity index is 2.13. The van der Waals surface area contributed by atoms with E-state index in [0.717, 1.165) is 0 Å². The molecule has 0 saturated carbocycles. The van der Waals surface area contributed by atoms with Crippen LogP contribution >= 0.6 is 0 Å². The maximum absolute atomic E-state index is 12.0. The highest BCUT2D eigenvalue weighted by atomic mass is 16.6. The van der Waals surface area contributed by atoms with E-state index in [1.807, 2.05) is 13.8 Å². The Bertz CT molecular complexity index is 382. The minimum absolute atomic E-state index is 0.00813. The Labute approximate surface area is 92.5 Å². The molecule has 7 heteroatoms. The molecule has 7 nitrogen and oxygen atoms in total. The molecule has 2 atom stereocenters. The molecule has 0 radical (unpaired) electrons. The molecule has 1 fully saturated rings. The summed E-state index contributed by atoms with van der Waals surface area (Å²) in [6.07, 6.45) is 0.0163. The summed E-state index contributed by atoms with van der Waals surface area (Å²) in [5.41, 5.74) is 5.54. The van der Waals surface area contributed by atoms with E-state index in [1.54, 1.807) is 4.90 Å². The molecule has 2 N–H and O–H groups in total. The zero-order valence-corrected chi connectivity index (χ0v) is 9.21. The van der Waals surface area contributed by atoms with E-state index in [9.17, 15) is 4.79 Å². The predicted molar refractivity (Wildman–Crippen MR) is 54.6 cm³/mol. The van der Waals surface area contributed by atoms with Gasteiger partial charge in [0.05, 0.1) is 12.2 Å². The molecule has 1 amide bonds. The zero-order chi connectivity index (χ0) is 11.7. The van der Waals surface area contributed by atoms with Gasteiger partial charge in [-0.15, -0.1) is 0 Å². The third kappa shape index (κ3) is 1.99. The summed E-state index contributed by atoms with van der Waals surface area (Å²) in [7, 11) is 0. The lowest BCUT2D eigenvalue weighted by molar-refractivity contribution is -0.0588. The van der Waals surface area contributed by atoms with Crippen LogP contribution in [0.3, 0.4) is 0 Å². The summed E-state index contributed by atoms with van der Waals surface area (Å²) in [4.78, 5) is 13.6. The first kappa shape index (κ1) is 10.9. The molecule has 2 heterocycles. The van der Waals surface area contributed by atoms with Crippen LogP contribution in [0.5, 0.6) is 0 Å². The SMILES string of the molecule is C[C@@H]1CN(C(=O)c2nonc2N)C[C@H](C)O1. The number of hydrogen-bond donors (Lipinski definition) is 1. The normalized spacial score (nSPS) is 25.8. The maximum atomic E-state index is 12.0. The largest absolute Gasteiger partial charge is 0.379 e. The van der Waals surface area contributed by atoms with Gasteiger partial charge in [-0.1, -0.05) is 0 Å². The number of anilines is 1. The van der Waals surface area contributed by atoms with Gasteiger partial charge in [-0.3, -0.25) is 4.79 Å². The van der Waals surface area contributed by atoms with Crippen molar-refractivity contribution in [3.05, 3.63) is 5.69 Å². The highest BCUT2D eigenvalue weighted by molar-refractivity contribution is 5.96. The Kier molecular flexibility index (Phi) is 2.78. The van der Waals surface area contributed by atoms with Crippen molar-refractivity contribution >= 4 is 11.7 Å². The third-order valence-electron chi connectivity index (χ3n) is 2.42. The second-order valence-electron chi connectivity index (χ2n) is 3.97. The van der Waals surface area contributed by atoms with Gasteiger partial charge in [0.1, 0.15) is 0 Å². The van der Waals surface area contributed by atoms with Gasteiger partial charge >= 0.3 is 0 Å². The van der Waals surface area contributed by atoms with Gasteiger partial charge in [0.15, 0.2) is 0 Å². The van der Waals surface area contributed by atoms with E-state index in [4.69, 9.17) is 10.5 Å².